The summed E-state index contributed by atoms with van der Waals surface area (Å²) in [6.45, 7) is 2.15. The standard InChI is InChI=1S/C21H25FN8O3/c1-23-8-3-9-30-27-20(26-28-30)19-7-4-14(11-24-19)17-6-5-15(10-18(17)22)29-13-16(12-25-32-2)33-21(29)31/h4-7,10-11,16,23,25H,3,8-9,12-13H2,1-2H3/t16-/m0/s1. The Balaban J connectivity index is 1.45. The number of pyridine rings is 1. The largest absolute Gasteiger partial charge is 0.442 e. The van der Waals surface area contributed by atoms with Crippen molar-refractivity contribution >= 4 is 11.8 Å². The number of tetrazole rings is 1. The first kappa shape index (κ1) is 22.7. The lowest BCUT2D eigenvalue weighted by atomic mass is 10.1. The molecule has 12 heteroatoms. The highest BCUT2D eigenvalue weighted by Crippen LogP contribution is 2.29. The molecule has 2 aromatic heterocycles. The molecule has 3 aromatic rings. The number of anilines is 1. The van der Waals surface area contributed by atoms with Crippen LogP contribution >= 0.6 is 0 Å². The van der Waals surface area contributed by atoms with E-state index in [0.29, 0.717) is 48.0 Å². The van der Waals surface area contributed by atoms with E-state index in [1.54, 1.807) is 30.5 Å². The summed E-state index contributed by atoms with van der Waals surface area (Å²) in [6.07, 6.45) is 1.54. The second kappa shape index (κ2) is 10.4. The van der Waals surface area contributed by atoms with Gasteiger partial charge in [-0.1, -0.05) is 6.07 Å². The van der Waals surface area contributed by atoms with Crippen LogP contribution in [-0.2, 0) is 16.1 Å². The predicted octanol–water partition coefficient (Wildman–Crippen LogP) is 1.63. The molecule has 1 fully saturated rings. The zero-order valence-electron chi connectivity index (χ0n) is 18.4. The molecule has 2 N–H and O–H groups in total. The molecule has 1 aromatic carbocycles. The number of hydroxylamine groups is 1. The maximum Gasteiger partial charge on any atom is 0.414 e. The molecule has 1 amide bonds. The first-order valence-electron chi connectivity index (χ1n) is 10.5. The van der Waals surface area contributed by atoms with E-state index in [1.165, 1.54) is 22.9 Å². The molecule has 11 nitrogen and oxygen atoms in total. The Morgan fingerprint density at radius 1 is 1.30 bits per heavy atom. The fourth-order valence-corrected chi connectivity index (χ4v) is 3.44. The highest BCUT2D eigenvalue weighted by atomic mass is 19.1. The third-order valence-corrected chi connectivity index (χ3v) is 5.14. The van der Waals surface area contributed by atoms with Crippen molar-refractivity contribution in [2.24, 2.45) is 0 Å². The van der Waals surface area contributed by atoms with Gasteiger partial charge in [-0.3, -0.25) is 9.88 Å². The van der Waals surface area contributed by atoms with E-state index in [1.807, 2.05) is 7.05 Å². The van der Waals surface area contributed by atoms with Crippen LogP contribution in [0.4, 0.5) is 14.9 Å². The van der Waals surface area contributed by atoms with Crippen molar-refractivity contribution in [2.45, 2.75) is 19.1 Å². The Hall–Kier alpha value is -3.48. The lowest BCUT2D eigenvalue weighted by Gasteiger charge is -2.14. The monoisotopic (exact) mass is 456 g/mol. The van der Waals surface area contributed by atoms with E-state index in [-0.39, 0.29) is 6.10 Å². The van der Waals surface area contributed by atoms with Gasteiger partial charge in [0.15, 0.2) is 0 Å². The minimum absolute atomic E-state index is 0.298. The molecule has 4 rings (SSSR count). The maximum absolute atomic E-state index is 14.9. The molecule has 1 saturated heterocycles. The van der Waals surface area contributed by atoms with Gasteiger partial charge >= 0.3 is 6.09 Å². The van der Waals surface area contributed by atoms with Crippen LogP contribution in [0.2, 0.25) is 0 Å². The van der Waals surface area contributed by atoms with E-state index in [0.717, 1.165) is 13.0 Å². The lowest BCUT2D eigenvalue weighted by molar-refractivity contribution is 0.0551. The van der Waals surface area contributed by atoms with Gasteiger partial charge in [0, 0.05) is 17.3 Å². The molecule has 0 aliphatic carbocycles. The molecule has 1 atom stereocenters. The van der Waals surface area contributed by atoms with Gasteiger partial charge in [0.1, 0.15) is 17.6 Å². The molecule has 1 aliphatic rings. The quantitative estimate of drug-likeness (QED) is 0.346. The minimum atomic E-state index is -0.525. The smallest absolute Gasteiger partial charge is 0.414 e. The van der Waals surface area contributed by atoms with Gasteiger partial charge in [0.25, 0.3) is 0 Å². The third-order valence-electron chi connectivity index (χ3n) is 5.14. The molecular weight excluding hydrogens is 431 g/mol. The van der Waals surface area contributed by atoms with Gasteiger partial charge in [0.05, 0.1) is 32.4 Å². The van der Waals surface area contributed by atoms with Crippen molar-refractivity contribution in [1.82, 2.24) is 36.0 Å². The van der Waals surface area contributed by atoms with Crippen LogP contribution in [-0.4, -0.2) is 71.2 Å². The SMILES string of the molecule is CNCCCn1nnc(-c2ccc(-c3ccc(N4C[C@H](CNOC)OC4=O)cc3F)cn2)n1. The second-order valence-electron chi connectivity index (χ2n) is 7.43. The van der Waals surface area contributed by atoms with E-state index < -0.39 is 11.9 Å². The van der Waals surface area contributed by atoms with Gasteiger partial charge in [-0.2, -0.15) is 10.3 Å². The maximum atomic E-state index is 14.9. The van der Waals surface area contributed by atoms with Crippen molar-refractivity contribution in [2.75, 3.05) is 38.7 Å². The van der Waals surface area contributed by atoms with Gasteiger partial charge in [-0.15, -0.1) is 10.2 Å². The van der Waals surface area contributed by atoms with Crippen LogP contribution in [0.25, 0.3) is 22.6 Å². The predicted molar refractivity (Wildman–Crippen MR) is 118 cm³/mol. The number of ether oxygens (including phenoxy) is 1. The summed E-state index contributed by atoms with van der Waals surface area (Å²) in [5, 5.41) is 15.5. The Morgan fingerprint density at radius 2 is 2.18 bits per heavy atom. The van der Waals surface area contributed by atoms with E-state index in [4.69, 9.17) is 9.57 Å². The fraction of sp³-hybridized carbons (Fsp3) is 0.381. The number of carbonyl (C=O) groups excluding carboxylic acids is 1. The third kappa shape index (κ3) is 5.30. The molecule has 3 heterocycles. The highest BCUT2D eigenvalue weighted by Gasteiger charge is 2.32. The Kier molecular flexibility index (Phi) is 7.17. The van der Waals surface area contributed by atoms with Crippen LogP contribution in [0.5, 0.6) is 0 Å². The second-order valence-corrected chi connectivity index (χ2v) is 7.43. The summed E-state index contributed by atoms with van der Waals surface area (Å²) in [5.74, 6) is -0.0613. The van der Waals surface area contributed by atoms with E-state index in [9.17, 15) is 9.18 Å². The summed E-state index contributed by atoms with van der Waals surface area (Å²) >= 11 is 0. The summed E-state index contributed by atoms with van der Waals surface area (Å²) in [4.78, 5) is 24.2. The fourth-order valence-electron chi connectivity index (χ4n) is 3.44. The highest BCUT2D eigenvalue weighted by molar-refractivity contribution is 5.90. The number of benzene rings is 1. The number of halogens is 1. The number of rotatable bonds is 10. The van der Waals surface area contributed by atoms with Crippen molar-refractivity contribution < 1.29 is 18.8 Å². The zero-order chi connectivity index (χ0) is 23.2. The molecule has 0 bridgehead atoms. The first-order valence-corrected chi connectivity index (χ1v) is 10.5. The summed E-state index contributed by atoms with van der Waals surface area (Å²) < 4.78 is 20.2. The van der Waals surface area contributed by atoms with Crippen molar-refractivity contribution in [3.63, 3.8) is 0 Å². The van der Waals surface area contributed by atoms with E-state index in [2.05, 4.69) is 31.2 Å². The van der Waals surface area contributed by atoms with Crippen molar-refractivity contribution in [1.29, 1.82) is 0 Å². The van der Waals surface area contributed by atoms with Gasteiger partial charge in [0.2, 0.25) is 5.82 Å². The molecular formula is C21H25FN8O3. The zero-order valence-corrected chi connectivity index (χ0v) is 18.4. The van der Waals surface area contributed by atoms with Crippen molar-refractivity contribution in [3.8, 4) is 22.6 Å². The Bertz CT molecular complexity index is 1090. The molecule has 174 valence electrons. The summed E-state index contributed by atoms with van der Waals surface area (Å²) in [6, 6.07) is 8.08. The number of amides is 1. The number of hydrogen-bond donors (Lipinski definition) is 2. The molecule has 0 unspecified atom stereocenters. The molecule has 1 aliphatic heterocycles. The average molecular weight is 456 g/mol. The Labute approximate surface area is 189 Å². The van der Waals surface area contributed by atoms with Gasteiger partial charge in [-0.05, 0) is 49.5 Å². The van der Waals surface area contributed by atoms with Crippen LogP contribution in [0.1, 0.15) is 6.42 Å². The van der Waals surface area contributed by atoms with Crippen LogP contribution < -0.4 is 15.7 Å². The van der Waals surface area contributed by atoms with Gasteiger partial charge in [-0.25, -0.2) is 9.18 Å². The van der Waals surface area contributed by atoms with Crippen LogP contribution in [0.3, 0.4) is 0 Å². The number of hydrogen-bond acceptors (Lipinski definition) is 9. The van der Waals surface area contributed by atoms with Gasteiger partial charge < -0.3 is 14.9 Å². The molecule has 0 spiro atoms. The molecule has 33 heavy (non-hydrogen) atoms. The van der Waals surface area contributed by atoms with Crippen LogP contribution in [0, 0.1) is 5.82 Å². The number of aromatic nitrogens is 5. The summed E-state index contributed by atoms with van der Waals surface area (Å²) in [7, 11) is 3.37. The van der Waals surface area contributed by atoms with E-state index >= 15 is 0 Å². The minimum Gasteiger partial charge on any atom is -0.442 e. The lowest BCUT2D eigenvalue weighted by Crippen LogP contribution is -2.30. The number of nitrogens with zero attached hydrogens (tertiary/aromatic N) is 6. The average Bonchev–Trinajstić information content (AvgIpc) is 3.44. The number of aryl methyl sites for hydroxylation is 1. The topological polar surface area (TPSA) is 119 Å². The number of carbonyl (C=O) groups is 1. The molecule has 0 saturated carbocycles. The molecule has 0 radical (unpaired) electrons. The number of nitrogens with one attached hydrogen (secondary N) is 2. The summed E-state index contributed by atoms with van der Waals surface area (Å²) in [5.41, 5.74) is 4.58. The first-order chi connectivity index (χ1) is 16.1. The van der Waals surface area contributed by atoms with Crippen molar-refractivity contribution in [3.05, 3.63) is 42.3 Å². The normalized spacial score (nSPS) is 15.8. The Morgan fingerprint density at radius 3 is 2.91 bits per heavy atom. The van der Waals surface area contributed by atoms with Crippen LogP contribution in [0.15, 0.2) is 36.5 Å². The number of cyclic esters (lactones) is 1.